The number of hydrogen-bond donors (Lipinski definition) is 1. The molecule has 0 aliphatic rings. The molecule has 0 amide bonds. The molecule has 84 valence electrons. The zero-order valence-electron chi connectivity index (χ0n) is 7.57. The average Bonchev–Trinajstić information content (AvgIpc) is 2.07. The van der Waals surface area contributed by atoms with Gasteiger partial charge in [0.15, 0.2) is 5.60 Å². The van der Waals surface area contributed by atoms with Crippen molar-refractivity contribution < 1.29 is 18.3 Å². The average molecular weight is 304 g/mol. The van der Waals surface area contributed by atoms with Gasteiger partial charge in [-0.15, -0.1) is 0 Å². The van der Waals surface area contributed by atoms with E-state index in [4.69, 9.17) is 11.6 Å². The van der Waals surface area contributed by atoms with Crippen molar-refractivity contribution in [2.24, 2.45) is 0 Å². The van der Waals surface area contributed by atoms with E-state index in [1.54, 1.807) is 0 Å². The molecule has 0 spiro atoms. The maximum Gasteiger partial charge on any atom is 0.333 e. The van der Waals surface area contributed by atoms with Crippen LogP contribution in [-0.2, 0) is 5.60 Å². The number of halogens is 5. The van der Waals surface area contributed by atoms with Crippen molar-refractivity contribution in [1.29, 1.82) is 0 Å². The molecule has 0 bridgehead atoms. The molecule has 0 radical (unpaired) electrons. The second kappa shape index (κ2) is 3.96. The number of benzene rings is 1. The van der Waals surface area contributed by atoms with Crippen LogP contribution in [0.5, 0.6) is 0 Å². The fourth-order valence-corrected chi connectivity index (χ4v) is 1.37. The fourth-order valence-electron chi connectivity index (χ4n) is 0.963. The predicted molar refractivity (Wildman–Crippen MR) is 54.9 cm³/mol. The van der Waals surface area contributed by atoms with Crippen LogP contribution in [0.2, 0.25) is 5.02 Å². The molecule has 15 heavy (non-hydrogen) atoms. The van der Waals surface area contributed by atoms with E-state index >= 15 is 0 Å². The van der Waals surface area contributed by atoms with Crippen LogP contribution in [0, 0.1) is 5.82 Å². The molecular formula is C9H7BrClF3O. The van der Waals surface area contributed by atoms with Crippen molar-refractivity contribution in [1.82, 2.24) is 0 Å². The Balaban J connectivity index is 3.22. The first-order chi connectivity index (χ1) is 6.66. The molecule has 1 aromatic rings. The lowest BCUT2D eigenvalue weighted by atomic mass is 9.96. The second-order valence-electron chi connectivity index (χ2n) is 3.20. The van der Waals surface area contributed by atoms with Gasteiger partial charge in [-0.2, -0.15) is 8.78 Å². The molecule has 0 saturated heterocycles. The highest BCUT2D eigenvalue weighted by atomic mass is 79.9. The highest BCUT2D eigenvalue weighted by molar-refractivity contribution is 9.10. The maximum absolute atomic E-state index is 12.9. The Kier molecular flexibility index (Phi) is 3.38. The van der Waals surface area contributed by atoms with Crippen LogP contribution in [0.3, 0.4) is 0 Å². The zero-order chi connectivity index (χ0) is 11.9. The lowest BCUT2D eigenvalue weighted by molar-refractivity contribution is -0.109. The Bertz CT molecular complexity index is 376. The smallest absolute Gasteiger partial charge is 0.333 e. The van der Waals surface area contributed by atoms with E-state index in [0.29, 0.717) is 0 Å². The molecule has 0 fully saturated rings. The van der Waals surface area contributed by atoms with Crippen LogP contribution in [-0.4, -0.2) is 9.94 Å². The van der Waals surface area contributed by atoms with Crippen LogP contribution < -0.4 is 0 Å². The second-order valence-corrected chi connectivity index (χ2v) is 4.60. The van der Waals surface area contributed by atoms with Gasteiger partial charge in [-0.05, 0) is 40.5 Å². The minimum absolute atomic E-state index is 0.171. The minimum Gasteiger partial charge on any atom is -0.378 e. The first-order valence-electron chi connectivity index (χ1n) is 3.91. The largest absolute Gasteiger partial charge is 0.378 e. The third-order valence-corrected chi connectivity index (χ3v) is 3.10. The summed E-state index contributed by atoms with van der Waals surface area (Å²) >= 11 is 7.48. The van der Waals surface area contributed by atoms with E-state index in [1.807, 2.05) is 0 Å². The molecular weight excluding hydrogens is 296 g/mol. The van der Waals surface area contributed by atoms with Gasteiger partial charge in [0, 0.05) is 0 Å². The summed E-state index contributed by atoms with van der Waals surface area (Å²) < 4.78 is 38.7. The Morgan fingerprint density at radius 3 is 2.33 bits per heavy atom. The van der Waals surface area contributed by atoms with E-state index in [9.17, 15) is 18.3 Å². The Hall–Kier alpha value is -0.260. The topological polar surface area (TPSA) is 20.2 Å². The number of hydrogen-bond acceptors (Lipinski definition) is 1. The standard InChI is InChI=1S/C9H7BrClF3O/c1-8(15,9(10,13)14)5-2-3-7(12)6(11)4-5/h2-4,15H,1H3. The highest BCUT2D eigenvalue weighted by Gasteiger charge is 2.48. The highest BCUT2D eigenvalue weighted by Crippen LogP contribution is 2.42. The summed E-state index contributed by atoms with van der Waals surface area (Å²) in [5, 5.41) is 9.24. The Labute approximate surface area is 98.0 Å². The molecule has 0 aromatic heterocycles. The van der Waals surface area contributed by atoms with E-state index in [0.717, 1.165) is 25.1 Å². The van der Waals surface area contributed by atoms with Crippen molar-refractivity contribution in [3.63, 3.8) is 0 Å². The number of rotatable bonds is 2. The Morgan fingerprint density at radius 2 is 1.93 bits per heavy atom. The van der Waals surface area contributed by atoms with Crippen molar-refractivity contribution in [3.8, 4) is 0 Å². The number of aliphatic hydroxyl groups is 1. The van der Waals surface area contributed by atoms with E-state index in [-0.39, 0.29) is 10.6 Å². The third-order valence-electron chi connectivity index (χ3n) is 2.03. The zero-order valence-corrected chi connectivity index (χ0v) is 9.91. The summed E-state index contributed by atoms with van der Waals surface area (Å²) in [4.78, 5) is -3.53. The van der Waals surface area contributed by atoms with E-state index in [1.165, 1.54) is 0 Å². The van der Waals surface area contributed by atoms with Crippen molar-refractivity contribution in [2.75, 3.05) is 0 Å². The van der Waals surface area contributed by atoms with Gasteiger partial charge in [0.2, 0.25) is 0 Å². The van der Waals surface area contributed by atoms with Gasteiger partial charge < -0.3 is 5.11 Å². The summed E-state index contributed by atoms with van der Waals surface area (Å²) in [5.74, 6) is -0.728. The van der Waals surface area contributed by atoms with Gasteiger partial charge in [-0.3, -0.25) is 0 Å². The fraction of sp³-hybridized carbons (Fsp3) is 0.333. The van der Waals surface area contributed by atoms with Gasteiger partial charge in [0.1, 0.15) is 5.82 Å². The molecule has 1 atom stereocenters. The van der Waals surface area contributed by atoms with E-state index < -0.39 is 16.3 Å². The normalized spacial score (nSPS) is 16.2. The molecule has 1 N–H and O–H groups in total. The van der Waals surface area contributed by atoms with Crippen molar-refractivity contribution in [2.45, 2.75) is 17.4 Å². The monoisotopic (exact) mass is 302 g/mol. The molecule has 0 saturated carbocycles. The molecule has 0 heterocycles. The van der Waals surface area contributed by atoms with Crippen LogP contribution >= 0.6 is 27.5 Å². The predicted octanol–water partition coefficient (Wildman–Crippen LogP) is 3.67. The maximum atomic E-state index is 12.9. The summed E-state index contributed by atoms with van der Waals surface area (Å²) in [6.07, 6.45) is 0. The molecule has 1 aromatic carbocycles. The van der Waals surface area contributed by atoms with Gasteiger partial charge in [-0.1, -0.05) is 17.7 Å². The van der Waals surface area contributed by atoms with Gasteiger partial charge >= 0.3 is 4.83 Å². The minimum atomic E-state index is -3.53. The van der Waals surface area contributed by atoms with Gasteiger partial charge in [0.25, 0.3) is 0 Å². The van der Waals surface area contributed by atoms with Gasteiger partial charge in [-0.25, -0.2) is 4.39 Å². The number of alkyl halides is 3. The SMILES string of the molecule is CC(O)(c1ccc(F)c(Cl)c1)C(F)(F)Br. The lowest BCUT2D eigenvalue weighted by Gasteiger charge is -2.28. The van der Waals surface area contributed by atoms with Crippen LogP contribution in [0.15, 0.2) is 18.2 Å². The summed E-state index contributed by atoms with van der Waals surface area (Å²) in [5.41, 5.74) is -2.62. The molecule has 1 rings (SSSR count). The van der Waals surface area contributed by atoms with E-state index in [2.05, 4.69) is 15.9 Å². The third kappa shape index (κ3) is 2.46. The summed E-state index contributed by atoms with van der Waals surface area (Å²) in [6, 6.07) is 2.94. The van der Waals surface area contributed by atoms with Crippen molar-refractivity contribution >= 4 is 27.5 Å². The molecule has 0 aliphatic heterocycles. The molecule has 0 aliphatic carbocycles. The first-order valence-corrected chi connectivity index (χ1v) is 5.08. The molecule has 6 heteroatoms. The lowest BCUT2D eigenvalue weighted by Crippen LogP contribution is -2.37. The Morgan fingerprint density at radius 1 is 1.40 bits per heavy atom. The first kappa shape index (κ1) is 12.8. The molecule has 1 unspecified atom stereocenters. The van der Waals surface area contributed by atoms with Crippen LogP contribution in [0.25, 0.3) is 0 Å². The summed E-state index contributed by atoms with van der Waals surface area (Å²) in [7, 11) is 0. The van der Waals surface area contributed by atoms with Crippen LogP contribution in [0.4, 0.5) is 13.2 Å². The van der Waals surface area contributed by atoms with Gasteiger partial charge in [0.05, 0.1) is 5.02 Å². The summed E-state index contributed by atoms with van der Waals surface area (Å²) in [6.45, 7) is 0.908. The van der Waals surface area contributed by atoms with Crippen LogP contribution in [0.1, 0.15) is 12.5 Å². The van der Waals surface area contributed by atoms with Crippen molar-refractivity contribution in [3.05, 3.63) is 34.6 Å². The quantitative estimate of drug-likeness (QED) is 0.827. The molecule has 1 nitrogen and oxygen atoms in total.